The molecule has 0 aliphatic heterocycles. The Morgan fingerprint density at radius 3 is 2.26 bits per heavy atom. The highest BCUT2D eigenvalue weighted by Gasteiger charge is 2.37. The first-order valence-electron chi connectivity index (χ1n) is 13.1. The molecule has 2 atom stereocenters. The van der Waals surface area contributed by atoms with Gasteiger partial charge in [0.1, 0.15) is 24.2 Å². The minimum atomic E-state index is -1.16. The second-order valence-electron chi connectivity index (χ2n) is 10.9. The highest BCUT2D eigenvalue weighted by Crippen LogP contribution is 2.30. The van der Waals surface area contributed by atoms with Crippen molar-refractivity contribution >= 4 is 35.2 Å². The number of nitrogens with zero attached hydrogens (tertiary/aromatic N) is 2. The second-order valence-corrected chi connectivity index (χ2v) is 11.3. The number of halogens is 1. The van der Waals surface area contributed by atoms with Crippen molar-refractivity contribution in [2.24, 2.45) is 5.92 Å². The first-order valence-corrected chi connectivity index (χ1v) is 13.5. The van der Waals surface area contributed by atoms with Crippen molar-refractivity contribution < 1.29 is 19.1 Å². The van der Waals surface area contributed by atoms with Gasteiger partial charge in [-0.15, -0.1) is 0 Å². The number of ether oxygens (including phenoxy) is 1. The van der Waals surface area contributed by atoms with Crippen LogP contribution in [-0.4, -0.2) is 41.0 Å². The maximum atomic E-state index is 14.0. The van der Waals surface area contributed by atoms with Crippen LogP contribution in [0.2, 0.25) is 5.02 Å². The quantitative estimate of drug-likeness (QED) is 0.340. The zero-order valence-corrected chi connectivity index (χ0v) is 24.6. The Kier molecular flexibility index (Phi) is 11.4. The molecule has 0 saturated carbocycles. The fourth-order valence-electron chi connectivity index (χ4n) is 4.11. The molecule has 0 saturated heterocycles. The van der Waals surface area contributed by atoms with Crippen molar-refractivity contribution in [3.05, 3.63) is 64.2 Å². The summed E-state index contributed by atoms with van der Waals surface area (Å²) in [5, 5.41) is 15.6. The van der Waals surface area contributed by atoms with E-state index in [0.29, 0.717) is 16.3 Å². The third kappa shape index (κ3) is 9.29. The highest BCUT2D eigenvalue weighted by molar-refractivity contribution is 6.34. The molecule has 2 aromatic rings. The number of amides is 3. The number of nitriles is 1. The highest BCUT2D eigenvalue weighted by atomic mass is 35.5. The number of nitrogens with one attached hydrogen (secondary N) is 2. The minimum Gasteiger partial charge on any atom is -0.444 e. The van der Waals surface area contributed by atoms with Crippen LogP contribution in [-0.2, 0) is 20.7 Å². The molecule has 8 nitrogen and oxygen atoms in total. The number of hydrogen-bond acceptors (Lipinski definition) is 5. The molecule has 0 aliphatic carbocycles. The predicted molar refractivity (Wildman–Crippen MR) is 153 cm³/mol. The SMILES string of the molecule is CCc1ccc(C(C(=O)Nc2c(C)cccc2Cl)N(CC#N)C(=O)C(CC(C)C)NC(=O)OC(C)(C)C)cc1. The van der Waals surface area contributed by atoms with Gasteiger partial charge in [-0.05, 0) is 69.2 Å². The maximum absolute atomic E-state index is 14.0. The number of para-hydroxylation sites is 1. The zero-order valence-electron chi connectivity index (χ0n) is 23.8. The van der Waals surface area contributed by atoms with Crippen LogP contribution in [0.5, 0.6) is 0 Å². The van der Waals surface area contributed by atoms with Gasteiger partial charge in [-0.25, -0.2) is 4.79 Å². The third-order valence-electron chi connectivity index (χ3n) is 5.95. The number of anilines is 1. The lowest BCUT2D eigenvalue weighted by Gasteiger charge is -2.33. The van der Waals surface area contributed by atoms with Crippen molar-refractivity contribution in [3.8, 4) is 6.07 Å². The van der Waals surface area contributed by atoms with Crippen LogP contribution in [0, 0.1) is 24.2 Å². The van der Waals surface area contributed by atoms with Crippen molar-refractivity contribution in [1.29, 1.82) is 5.26 Å². The van der Waals surface area contributed by atoms with E-state index in [1.807, 2.05) is 52.0 Å². The van der Waals surface area contributed by atoms with Gasteiger partial charge in [0.25, 0.3) is 5.91 Å². The fourth-order valence-corrected chi connectivity index (χ4v) is 4.37. The lowest BCUT2D eigenvalue weighted by atomic mass is 9.98. The summed E-state index contributed by atoms with van der Waals surface area (Å²) in [7, 11) is 0. The van der Waals surface area contributed by atoms with Gasteiger partial charge in [0, 0.05) is 0 Å². The van der Waals surface area contributed by atoms with Crippen LogP contribution in [0.4, 0.5) is 10.5 Å². The van der Waals surface area contributed by atoms with Gasteiger partial charge < -0.3 is 20.3 Å². The molecule has 2 N–H and O–H groups in total. The monoisotopic (exact) mass is 554 g/mol. The van der Waals surface area contributed by atoms with E-state index in [0.717, 1.165) is 17.5 Å². The van der Waals surface area contributed by atoms with E-state index >= 15 is 0 Å². The number of carbonyl (C=O) groups excluding carboxylic acids is 3. The molecular weight excluding hydrogens is 516 g/mol. The molecule has 210 valence electrons. The number of alkyl carbamates (subject to hydrolysis) is 1. The summed E-state index contributed by atoms with van der Waals surface area (Å²) in [4.78, 5) is 41.7. The Morgan fingerprint density at radius 2 is 1.74 bits per heavy atom. The van der Waals surface area contributed by atoms with Crippen molar-refractivity contribution in [2.45, 2.75) is 79.0 Å². The van der Waals surface area contributed by atoms with Crippen molar-refractivity contribution in [2.75, 3.05) is 11.9 Å². The smallest absolute Gasteiger partial charge is 0.408 e. The van der Waals surface area contributed by atoms with E-state index in [2.05, 4.69) is 10.6 Å². The number of hydrogen-bond donors (Lipinski definition) is 2. The van der Waals surface area contributed by atoms with E-state index in [-0.39, 0.29) is 18.9 Å². The average Bonchev–Trinajstić information content (AvgIpc) is 2.84. The Balaban J connectivity index is 2.56. The summed E-state index contributed by atoms with van der Waals surface area (Å²) in [6.07, 6.45) is 0.332. The molecule has 0 bridgehead atoms. The van der Waals surface area contributed by atoms with E-state index in [1.54, 1.807) is 45.0 Å². The van der Waals surface area contributed by atoms with Crippen LogP contribution >= 0.6 is 11.6 Å². The molecule has 3 amide bonds. The molecule has 0 fully saturated rings. The molecule has 2 rings (SSSR count). The van der Waals surface area contributed by atoms with Crippen molar-refractivity contribution in [3.63, 3.8) is 0 Å². The Labute approximate surface area is 236 Å². The molecule has 2 aromatic carbocycles. The predicted octanol–water partition coefficient (Wildman–Crippen LogP) is 6.18. The largest absolute Gasteiger partial charge is 0.444 e. The molecular formula is C30H39ClN4O4. The molecule has 39 heavy (non-hydrogen) atoms. The summed E-state index contributed by atoms with van der Waals surface area (Å²) >= 11 is 6.38. The van der Waals surface area contributed by atoms with Gasteiger partial charge in [-0.3, -0.25) is 9.59 Å². The Bertz CT molecular complexity index is 1180. The second kappa shape index (κ2) is 14.0. The van der Waals surface area contributed by atoms with Crippen LogP contribution in [0.1, 0.15) is 70.7 Å². The van der Waals surface area contributed by atoms with Crippen LogP contribution in [0.25, 0.3) is 0 Å². The molecule has 0 spiro atoms. The maximum Gasteiger partial charge on any atom is 0.408 e. The van der Waals surface area contributed by atoms with E-state index < -0.39 is 35.6 Å². The normalized spacial score (nSPS) is 12.7. The molecule has 0 radical (unpaired) electrons. The third-order valence-corrected chi connectivity index (χ3v) is 6.27. The van der Waals surface area contributed by atoms with E-state index in [4.69, 9.17) is 16.3 Å². The zero-order chi connectivity index (χ0) is 29.3. The Morgan fingerprint density at radius 1 is 1.10 bits per heavy atom. The number of aryl methyl sites for hydroxylation is 2. The minimum absolute atomic E-state index is 0.0275. The van der Waals surface area contributed by atoms with E-state index in [9.17, 15) is 19.6 Å². The van der Waals surface area contributed by atoms with E-state index in [1.165, 1.54) is 4.90 Å². The first-order chi connectivity index (χ1) is 18.3. The van der Waals surface area contributed by atoms with Gasteiger partial charge in [-0.1, -0.05) is 68.8 Å². The molecule has 0 aliphatic rings. The standard InChI is InChI=1S/C30H39ClN4O4/c1-8-21-12-14-22(15-13-21)26(27(36)34-25-20(4)10-9-11-23(25)31)35(17-16-32)28(37)24(18-19(2)3)33-29(38)39-30(5,6)7/h9-15,19,24,26H,8,17-18H2,1-7H3,(H,33,38)(H,34,36). The summed E-state index contributed by atoms with van der Waals surface area (Å²) in [5.74, 6) is -1.06. The Hall–Kier alpha value is -3.57. The van der Waals surface area contributed by atoms with Crippen LogP contribution in [0.15, 0.2) is 42.5 Å². The van der Waals surface area contributed by atoms with Crippen molar-refractivity contribution in [1.82, 2.24) is 10.2 Å². The summed E-state index contributed by atoms with van der Waals surface area (Å²) in [6, 6.07) is 12.4. The summed E-state index contributed by atoms with van der Waals surface area (Å²) in [6.45, 7) is 12.5. The molecule has 2 unspecified atom stereocenters. The lowest BCUT2D eigenvalue weighted by Crippen LogP contribution is -2.53. The topological polar surface area (TPSA) is 112 Å². The van der Waals surface area contributed by atoms with Crippen LogP contribution in [0.3, 0.4) is 0 Å². The van der Waals surface area contributed by atoms with Crippen LogP contribution < -0.4 is 10.6 Å². The van der Waals surface area contributed by atoms with Gasteiger partial charge >= 0.3 is 6.09 Å². The summed E-state index contributed by atoms with van der Waals surface area (Å²) < 4.78 is 5.38. The summed E-state index contributed by atoms with van der Waals surface area (Å²) in [5.41, 5.74) is 1.99. The average molecular weight is 555 g/mol. The lowest BCUT2D eigenvalue weighted by molar-refractivity contribution is -0.140. The molecule has 9 heteroatoms. The number of carbonyl (C=O) groups is 3. The molecule has 0 aromatic heterocycles. The van der Waals surface area contributed by atoms with Gasteiger partial charge in [0.15, 0.2) is 0 Å². The fraction of sp³-hybridized carbons (Fsp3) is 0.467. The van der Waals surface area contributed by atoms with Gasteiger partial charge in [0.05, 0.1) is 16.8 Å². The number of rotatable bonds is 10. The van der Waals surface area contributed by atoms with Gasteiger partial charge in [0.2, 0.25) is 5.91 Å². The molecule has 0 heterocycles. The first kappa shape index (κ1) is 31.6. The van der Waals surface area contributed by atoms with Gasteiger partial charge in [-0.2, -0.15) is 5.26 Å². The number of benzene rings is 2.